The minimum Gasteiger partial charge on any atom is -0.478 e. The van der Waals surface area contributed by atoms with Gasteiger partial charge in [-0.2, -0.15) is 0 Å². The van der Waals surface area contributed by atoms with Crippen LogP contribution in [0.15, 0.2) is 24.3 Å². The number of hydrogen-bond acceptors (Lipinski definition) is 1. The van der Waals surface area contributed by atoms with Gasteiger partial charge in [0.1, 0.15) is 0 Å². The molecule has 60 valence electrons. The van der Waals surface area contributed by atoms with Crippen LogP contribution in [0.2, 0.25) is 0 Å². The van der Waals surface area contributed by atoms with Gasteiger partial charge >= 0.3 is 5.97 Å². The molecule has 2 nitrogen and oxygen atoms in total. The van der Waals surface area contributed by atoms with E-state index in [1.54, 1.807) is 12.1 Å². The van der Waals surface area contributed by atoms with Gasteiger partial charge in [0.2, 0.25) is 0 Å². The van der Waals surface area contributed by atoms with E-state index in [-0.39, 0.29) is 27.7 Å². The van der Waals surface area contributed by atoms with Gasteiger partial charge in [-0.05, 0) is 18.1 Å². The summed E-state index contributed by atoms with van der Waals surface area (Å²) >= 11 is 0. The molecule has 0 bridgehead atoms. The summed E-state index contributed by atoms with van der Waals surface area (Å²) in [5.41, 5.74) is 1.30. The second-order valence-corrected chi connectivity index (χ2v) is 2.32. The predicted molar refractivity (Wildman–Crippen MR) is 42.8 cm³/mol. The Bertz CT molecular complexity index is 271. The van der Waals surface area contributed by atoms with Crippen LogP contribution in [0.1, 0.15) is 22.8 Å². The van der Waals surface area contributed by atoms with Crippen molar-refractivity contribution < 1.29 is 37.6 Å². The Morgan fingerprint density at radius 1 is 1.42 bits per heavy atom. The van der Waals surface area contributed by atoms with E-state index in [0.717, 1.165) is 12.0 Å². The van der Waals surface area contributed by atoms with E-state index >= 15 is 0 Å². The van der Waals surface area contributed by atoms with E-state index in [1.807, 2.05) is 19.1 Å². The van der Waals surface area contributed by atoms with Crippen molar-refractivity contribution >= 4 is 5.97 Å². The van der Waals surface area contributed by atoms with Crippen molar-refractivity contribution in [2.75, 3.05) is 0 Å². The van der Waals surface area contributed by atoms with Crippen LogP contribution in [-0.4, -0.2) is 11.1 Å². The fourth-order valence-corrected chi connectivity index (χ4v) is 1.04. The Morgan fingerprint density at radius 3 is 2.42 bits per heavy atom. The van der Waals surface area contributed by atoms with Crippen LogP contribution < -0.4 is 0 Å². The molecule has 0 saturated carbocycles. The van der Waals surface area contributed by atoms with Crippen molar-refractivity contribution in [1.29, 1.82) is 0 Å². The summed E-state index contributed by atoms with van der Waals surface area (Å²) in [6.07, 6.45) is 0.766. The summed E-state index contributed by atoms with van der Waals surface area (Å²) in [6, 6.07) is 7.05. The molecule has 1 N–H and O–H groups in total. The first-order valence-corrected chi connectivity index (χ1v) is 3.57. The Morgan fingerprint density at radius 2 is 2.00 bits per heavy atom. The number of aryl methyl sites for hydroxylation is 1. The standard InChI is InChI=1S/C9H10O2.Hg/c1-2-7-5-3-4-6-8(7)9(10)11;/h3-6H,2H2,1H3,(H,10,11);. The number of carbonyl (C=O) groups is 1. The molecule has 0 aliphatic carbocycles. The number of rotatable bonds is 2. The fourth-order valence-electron chi connectivity index (χ4n) is 1.04. The minimum atomic E-state index is -0.845. The Labute approximate surface area is 92.1 Å². The van der Waals surface area contributed by atoms with Crippen molar-refractivity contribution in [2.45, 2.75) is 13.3 Å². The van der Waals surface area contributed by atoms with Crippen molar-refractivity contribution in [3.8, 4) is 0 Å². The van der Waals surface area contributed by atoms with Crippen LogP contribution >= 0.6 is 0 Å². The van der Waals surface area contributed by atoms with Crippen molar-refractivity contribution in [3.63, 3.8) is 0 Å². The third-order valence-electron chi connectivity index (χ3n) is 1.63. The maximum absolute atomic E-state index is 10.6. The summed E-state index contributed by atoms with van der Waals surface area (Å²) in [5, 5.41) is 8.70. The van der Waals surface area contributed by atoms with E-state index in [1.165, 1.54) is 0 Å². The summed E-state index contributed by atoms with van der Waals surface area (Å²) in [7, 11) is 0. The summed E-state index contributed by atoms with van der Waals surface area (Å²) < 4.78 is 0. The minimum absolute atomic E-state index is 0. The second kappa shape index (κ2) is 5.30. The maximum atomic E-state index is 10.6. The molecule has 1 rings (SSSR count). The fraction of sp³-hybridized carbons (Fsp3) is 0.222. The van der Waals surface area contributed by atoms with Crippen molar-refractivity contribution in [1.82, 2.24) is 0 Å². The number of hydrogen-bond donors (Lipinski definition) is 1. The van der Waals surface area contributed by atoms with Gasteiger partial charge in [-0.3, -0.25) is 0 Å². The number of aromatic carboxylic acids is 1. The van der Waals surface area contributed by atoms with Crippen LogP contribution in [0.25, 0.3) is 0 Å². The predicted octanol–water partition coefficient (Wildman–Crippen LogP) is 1.94. The third-order valence-corrected chi connectivity index (χ3v) is 1.63. The quantitative estimate of drug-likeness (QED) is 0.828. The molecule has 3 heteroatoms. The van der Waals surface area contributed by atoms with E-state index in [9.17, 15) is 4.79 Å². The van der Waals surface area contributed by atoms with Crippen LogP contribution in [-0.2, 0) is 34.1 Å². The Kier molecular flexibility index (Phi) is 5.14. The number of carboxylic acids is 1. The van der Waals surface area contributed by atoms with Crippen LogP contribution in [0.4, 0.5) is 0 Å². The molecule has 0 heterocycles. The van der Waals surface area contributed by atoms with Gasteiger partial charge in [0, 0.05) is 27.7 Å². The molecule has 0 unspecified atom stereocenters. The molecule has 1 aromatic rings. The maximum Gasteiger partial charge on any atom is 0.335 e. The SMILES string of the molecule is CCc1ccccc1C(=O)O.[Hg]. The number of carboxylic acid groups (broad SMARTS) is 1. The zero-order valence-electron chi connectivity index (χ0n) is 7.08. The van der Waals surface area contributed by atoms with Gasteiger partial charge < -0.3 is 5.11 Å². The molecular formula is C9H10HgO2. The molecule has 0 radical (unpaired) electrons. The Balaban J connectivity index is 0.00000121. The van der Waals surface area contributed by atoms with Crippen molar-refractivity contribution in [2.24, 2.45) is 0 Å². The number of benzene rings is 1. The van der Waals surface area contributed by atoms with Crippen LogP contribution in [0, 0.1) is 0 Å². The molecule has 0 fully saturated rings. The second-order valence-electron chi connectivity index (χ2n) is 2.32. The molecule has 0 aromatic heterocycles. The van der Waals surface area contributed by atoms with Gasteiger partial charge in [0.05, 0.1) is 5.56 Å². The zero-order chi connectivity index (χ0) is 8.27. The molecule has 0 saturated heterocycles. The zero-order valence-corrected chi connectivity index (χ0v) is 12.6. The molecule has 12 heavy (non-hydrogen) atoms. The Hall–Kier alpha value is -0.375. The van der Waals surface area contributed by atoms with E-state index in [0.29, 0.717) is 5.56 Å². The normalized spacial score (nSPS) is 8.75. The van der Waals surface area contributed by atoms with E-state index in [2.05, 4.69) is 0 Å². The van der Waals surface area contributed by atoms with E-state index < -0.39 is 5.97 Å². The van der Waals surface area contributed by atoms with Gasteiger partial charge in [-0.1, -0.05) is 25.1 Å². The van der Waals surface area contributed by atoms with Gasteiger partial charge in [0.25, 0.3) is 0 Å². The molecule has 0 amide bonds. The molecule has 0 spiro atoms. The first-order chi connectivity index (χ1) is 5.25. The molecule has 0 aliphatic heterocycles. The largest absolute Gasteiger partial charge is 0.478 e. The monoisotopic (exact) mass is 352 g/mol. The average molecular weight is 351 g/mol. The molecule has 1 aromatic carbocycles. The molecule has 0 atom stereocenters. The van der Waals surface area contributed by atoms with Crippen molar-refractivity contribution in [3.05, 3.63) is 35.4 Å². The third kappa shape index (κ3) is 2.59. The van der Waals surface area contributed by atoms with Gasteiger partial charge in [-0.25, -0.2) is 4.79 Å². The van der Waals surface area contributed by atoms with Gasteiger partial charge in [-0.15, -0.1) is 0 Å². The van der Waals surface area contributed by atoms with Crippen LogP contribution in [0.5, 0.6) is 0 Å². The summed E-state index contributed by atoms with van der Waals surface area (Å²) in [4.78, 5) is 10.6. The molecule has 0 aliphatic rings. The summed E-state index contributed by atoms with van der Waals surface area (Å²) in [6.45, 7) is 1.95. The smallest absolute Gasteiger partial charge is 0.335 e. The first-order valence-electron chi connectivity index (χ1n) is 3.57. The summed E-state index contributed by atoms with van der Waals surface area (Å²) in [5.74, 6) is -0.845. The van der Waals surface area contributed by atoms with Gasteiger partial charge in [0.15, 0.2) is 0 Å². The first kappa shape index (κ1) is 11.6. The molecular weight excluding hydrogens is 341 g/mol. The topological polar surface area (TPSA) is 37.3 Å². The van der Waals surface area contributed by atoms with Crippen LogP contribution in [0.3, 0.4) is 0 Å². The average Bonchev–Trinajstić information content (AvgIpc) is 2.04. The van der Waals surface area contributed by atoms with E-state index in [4.69, 9.17) is 5.11 Å².